The molecular formula is C21H23ClN4O3. The van der Waals surface area contributed by atoms with Gasteiger partial charge in [-0.2, -0.15) is 0 Å². The lowest BCUT2D eigenvalue weighted by Gasteiger charge is -2.39. The van der Waals surface area contributed by atoms with Crippen molar-refractivity contribution in [2.75, 3.05) is 52.0 Å². The van der Waals surface area contributed by atoms with E-state index in [4.69, 9.17) is 26.1 Å². The fraction of sp³-hybridized carbons (Fsp3) is 0.333. The molecule has 0 saturated carbocycles. The number of ether oxygens (including phenoxy) is 2. The predicted octanol–water partition coefficient (Wildman–Crippen LogP) is 2.16. The number of amides is 1. The molecule has 2 aliphatic rings. The molecule has 1 fully saturated rings. The second-order valence-corrected chi connectivity index (χ2v) is 7.46. The molecule has 152 valence electrons. The lowest BCUT2D eigenvalue weighted by Crippen LogP contribution is -2.51. The first-order valence-electron chi connectivity index (χ1n) is 9.45. The molecule has 8 heteroatoms. The molecule has 0 N–H and O–H groups in total. The van der Waals surface area contributed by atoms with Crippen LogP contribution >= 0.6 is 11.6 Å². The third-order valence-electron chi connectivity index (χ3n) is 5.06. The van der Waals surface area contributed by atoms with E-state index >= 15 is 0 Å². The van der Waals surface area contributed by atoms with Gasteiger partial charge in [0.1, 0.15) is 5.82 Å². The lowest BCUT2D eigenvalue weighted by atomic mass is 10.2. The van der Waals surface area contributed by atoms with E-state index in [1.807, 2.05) is 30.3 Å². The molecule has 2 aromatic carbocycles. The van der Waals surface area contributed by atoms with Gasteiger partial charge >= 0.3 is 6.09 Å². The number of halogens is 1. The highest BCUT2D eigenvalue weighted by molar-refractivity contribution is 6.31. The number of hydrogen-bond acceptors (Lipinski definition) is 6. The molecule has 0 aliphatic carbocycles. The summed E-state index contributed by atoms with van der Waals surface area (Å²) < 4.78 is 10.3. The zero-order valence-corrected chi connectivity index (χ0v) is 17.2. The largest absolute Gasteiger partial charge is 0.422 e. The Kier molecular flexibility index (Phi) is 5.71. The predicted molar refractivity (Wildman–Crippen MR) is 112 cm³/mol. The van der Waals surface area contributed by atoms with Crippen molar-refractivity contribution in [2.45, 2.75) is 0 Å². The van der Waals surface area contributed by atoms with E-state index in [0.29, 0.717) is 16.4 Å². The van der Waals surface area contributed by atoms with Crippen LogP contribution in [0.5, 0.6) is 0 Å². The van der Waals surface area contributed by atoms with Crippen LogP contribution in [0.4, 0.5) is 16.2 Å². The number of carbonyl (C=O) groups is 1. The fourth-order valence-electron chi connectivity index (χ4n) is 3.58. The van der Waals surface area contributed by atoms with Gasteiger partial charge in [0.25, 0.3) is 0 Å². The highest BCUT2D eigenvalue weighted by atomic mass is 35.5. The Bertz CT molecular complexity index is 1030. The van der Waals surface area contributed by atoms with Crippen LogP contribution in [0.15, 0.2) is 47.5 Å². The first kappa shape index (κ1) is 19.7. The number of piperazine rings is 1. The van der Waals surface area contributed by atoms with Gasteiger partial charge in [-0.05, 0) is 37.4 Å². The first-order valence-corrected chi connectivity index (χ1v) is 9.83. The lowest BCUT2D eigenvalue weighted by molar-refractivity contribution is 0.0158. The van der Waals surface area contributed by atoms with Crippen molar-refractivity contribution < 1.29 is 14.3 Å². The molecule has 7 nitrogen and oxygen atoms in total. The third kappa shape index (κ3) is 3.94. The zero-order valence-electron chi connectivity index (χ0n) is 16.5. The topological polar surface area (TPSA) is 57.6 Å². The van der Waals surface area contributed by atoms with E-state index in [1.54, 1.807) is 17.0 Å². The zero-order chi connectivity index (χ0) is 20.4. The van der Waals surface area contributed by atoms with Crippen molar-refractivity contribution in [3.8, 4) is 0 Å². The minimum absolute atomic E-state index is 0.139. The van der Waals surface area contributed by atoms with Crippen LogP contribution in [0.1, 0.15) is 0 Å². The molecule has 1 amide bonds. The van der Waals surface area contributed by atoms with E-state index in [2.05, 4.69) is 16.8 Å². The molecule has 0 atom stereocenters. The third-order valence-corrected chi connectivity index (χ3v) is 5.30. The van der Waals surface area contributed by atoms with E-state index in [9.17, 15) is 4.79 Å². The summed E-state index contributed by atoms with van der Waals surface area (Å²) in [6.45, 7) is 3.21. The molecule has 2 heterocycles. The van der Waals surface area contributed by atoms with Crippen molar-refractivity contribution >= 4 is 34.9 Å². The van der Waals surface area contributed by atoms with Crippen LogP contribution in [0, 0.1) is 0 Å². The van der Waals surface area contributed by atoms with Crippen LogP contribution in [0.25, 0.3) is 5.82 Å². The monoisotopic (exact) mass is 414 g/mol. The summed E-state index contributed by atoms with van der Waals surface area (Å²) in [5, 5.41) is 2.19. The van der Waals surface area contributed by atoms with E-state index in [-0.39, 0.29) is 6.79 Å². The smallest absolute Gasteiger partial charge is 0.422 e. The standard InChI is InChI=1S/C21H23ClN4O3/c1-24-9-11-25(12-10-24)20-16-5-3-4-6-17(16)23-18-8-7-15(22)13-19(18)26(20)21(27)29-14-28-2/h3-8,13H,9-12,14H2,1-2H3. The maximum Gasteiger partial charge on any atom is 0.422 e. The number of rotatable bonds is 3. The normalized spacial score (nSPS) is 16.6. The number of anilines is 1. The molecule has 0 bridgehead atoms. The first-order chi connectivity index (χ1) is 14.1. The minimum Gasteiger partial charge on any atom is -0.422 e. The van der Waals surface area contributed by atoms with Gasteiger partial charge in [-0.3, -0.25) is 0 Å². The van der Waals surface area contributed by atoms with Gasteiger partial charge in [-0.25, -0.2) is 14.7 Å². The Hall–Kier alpha value is -2.61. The molecule has 2 aromatic rings. The summed E-state index contributed by atoms with van der Waals surface area (Å²) in [5.74, 6) is 0.750. The molecule has 29 heavy (non-hydrogen) atoms. The quantitative estimate of drug-likeness (QED) is 0.720. The molecule has 0 aromatic heterocycles. The number of benzene rings is 2. The van der Waals surface area contributed by atoms with Gasteiger partial charge in [-0.1, -0.05) is 23.7 Å². The second-order valence-electron chi connectivity index (χ2n) is 7.03. The number of hydrogen-bond donors (Lipinski definition) is 0. The summed E-state index contributed by atoms with van der Waals surface area (Å²) in [6, 6.07) is 13.2. The number of methoxy groups -OCH3 is 1. The SMILES string of the molecule is COCOC(=O)N1C(N2CCN(C)CC2)=c2ccccc2=Nc2ccc(Cl)cc21. The number of carbonyl (C=O) groups excluding carboxylic acids is 1. The van der Waals surface area contributed by atoms with Crippen LogP contribution in [-0.4, -0.2) is 63.0 Å². The Labute approximate surface area is 174 Å². The van der Waals surface area contributed by atoms with E-state index < -0.39 is 6.09 Å². The van der Waals surface area contributed by atoms with Gasteiger partial charge < -0.3 is 19.3 Å². The van der Waals surface area contributed by atoms with Crippen LogP contribution in [-0.2, 0) is 9.47 Å². The summed E-state index contributed by atoms with van der Waals surface area (Å²) in [7, 11) is 3.58. The number of fused-ring (bicyclic) bond motifs is 2. The highest BCUT2D eigenvalue weighted by Gasteiger charge is 2.31. The van der Waals surface area contributed by atoms with Gasteiger partial charge in [-0.15, -0.1) is 0 Å². The van der Waals surface area contributed by atoms with E-state index in [0.717, 1.165) is 42.6 Å². The number of para-hydroxylation sites is 1. The average Bonchev–Trinajstić information content (AvgIpc) is 2.87. The molecular weight excluding hydrogens is 392 g/mol. The van der Waals surface area contributed by atoms with E-state index in [1.165, 1.54) is 7.11 Å². The average molecular weight is 415 g/mol. The molecule has 0 spiro atoms. The highest BCUT2D eigenvalue weighted by Crippen LogP contribution is 2.36. The summed E-state index contributed by atoms with van der Waals surface area (Å²) in [5.41, 5.74) is 1.24. The van der Waals surface area contributed by atoms with Crippen molar-refractivity contribution in [1.29, 1.82) is 0 Å². The number of nitrogens with zero attached hydrogens (tertiary/aromatic N) is 4. The molecule has 2 aliphatic heterocycles. The minimum atomic E-state index is -0.531. The maximum absolute atomic E-state index is 13.2. The Morgan fingerprint density at radius 3 is 2.66 bits per heavy atom. The summed E-state index contributed by atoms with van der Waals surface area (Å²) in [6.07, 6.45) is -0.531. The van der Waals surface area contributed by atoms with Crippen molar-refractivity contribution in [1.82, 2.24) is 9.80 Å². The Balaban J connectivity index is 1.96. The Morgan fingerprint density at radius 1 is 1.14 bits per heavy atom. The van der Waals surface area contributed by atoms with Gasteiger partial charge in [0.2, 0.25) is 0 Å². The van der Waals surface area contributed by atoms with Crippen molar-refractivity contribution in [3.63, 3.8) is 0 Å². The van der Waals surface area contributed by atoms with Crippen LogP contribution in [0.2, 0.25) is 5.02 Å². The molecule has 4 rings (SSSR count). The van der Waals surface area contributed by atoms with Gasteiger partial charge in [0.05, 0.1) is 16.7 Å². The van der Waals surface area contributed by atoms with Gasteiger partial charge in [0, 0.05) is 43.5 Å². The van der Waals surface area contributed by atoms with Gasteiger partial charge in [0.15, 0.2) is 6.79 Å². The summed E-state index contributed by atoms with van der Waals surface area (Å²) >= 11 is 6.29. The van der Waals surface area contributed by atoms with Crippen molar-refractivity contribution in [3.05, 3.63) is 58.1 Å². The maximum atomic E-state index is 13.2. The second kappa shape index (κ2) is 8.41. The molecule has 0 radical (unpaired) electrons. The fourth-order valence-corrected chi connectivity index (χ4v) is 3.75. The summed E-state index contributed by atoms with van der Waals surface area (Å²) in [4.78, 5) is 24.1. The Morgan fingerprint density at radius 2 is 1.90 bits per heavy atom. The van der Waals surface area contributed by atoms with Crippen LogP contribution < -0.4 is 15.5 Å². The van der Waals surface area contributed by atoms with Crippen LogP contribution in [0.3, 0.4) is 0 Å². The molecule has 0 unspecified atom stereocenters. The molecule has 1 saturated heterocycles. The number of likely N-dealkylation sites (N-methyl/N-ethyl adjacent to an activating group) is 1. The van der Waals surface area contributed by atoms with Crippen molar-refractivity contribution in [2.24, 2.45) is 4.99 Å².